The third kappa shape index (κ3) is 7.50. The van der Waals surface area contributed by atoms with Crippen LogP contribution in [0.2, 0.25) is 18.1 Å². The van der Waals surface area contributed by atoms with Crippen molar-refractivity contribution in [1.82, 2.24) is 0 Å². The van der Waals surface area contributed by atoms with E-state index in [9.17, 15) is 4.79 Å². The fraction of sp³-hybridized carbons (Fsp3) is 0.633. The van der Waals surface area contributed by atoms with E-state index in [2.05, 4.69) is 82.5 Å². The van der Waals surface area contributed by atoms with Crippen LogP contribution in [-0.4, -0.2) is 45.3 Å². The van der Waals surface area contributed by atoms with Crippen molar-refractivity contribution < 1.29 is 28.2 Å². The molecule has 38 heavy (non-hydrogen) atoms. The van der Waals surface area contributed by atoms with E-state index < -0.39 is 20.2 Å². The number of carbonyl (C=O) groups excluding carboxylic acids is 1. The molecule has 0 N–H and O–H groups in total. The standard InChI is InChI=1S/C30H45IO6Si/c1-20-10-15-25-30(6,36-28(34-25)22-11-13-23(33-7)14-12-22)17-16-24(37-38(8,9)29(3,4)5)18-26(32)35-27(20)21(2)19-31/h10-15,19-20,24-25,27-28H,16-18H2,1-9H3/b15-10+,21-19+/t20-,24?,25-,27-,28-,30+/m0/s1. The molecule has 0 radical (unpaired) electrons. The van der Waals surface area contributed by atoms with E-state index in [4.69, 9.17) is 23.4 Å². The molecule has 8 heteroatoms. The van der Waals surface area contributed by atoms with Crippen LogP contribution >= 0.6 is 22.6 Å². The van der Waals surface area contributed by atoms with E-state index in [0.29, 0.717) is 12.8 Å². The number of ether oxygens (including phenoxy) is 4. The van der Waals surface area contributed by atoms with Crippen molar-refractivity contribution in [3.63, 3.8) is 0 Å². The van der Waals surface area contributed by atoms with Crippen LogP contribution in [0.4, 0.5) is 0 Å². The predicted molar refractivity (Wildman–Crippen MR) is 162 cm³/mol. The van der Waals surface area contributed by atoms with Crippen LogP contribution in [-0.2, 0) is 23.4 Å². The first-order valence-electron chi connectivity index (χ1n) is 13.5. The quantitative estimate of drug-likeness (QED) is 0.139. The van der Waals surface area contributed by atoms with Crippen molar-refractivity contribution >= 4 is 36.9 Å². The van der Waals surface area contributed by atoms with E-state index in [1.54, 1.807) is 7.11 Å². The molecule has 1 unspecified atom stereocenters. The molecule has 0 bridgehead atoms. The first-order valence-corrected chi connectivity index (χ1v) is 17.6. The molecule has 0 spiro atoms. The number of benzene rings is 1. The lowest BCUT2D eigenvalue weighted by Crippen LogP contribution is -2.45. The molecular formula is C30H45IO6Si. The summed E-state index contributed by atoms with van der Waals surface area (Å²) in [7, 11) is -0.468. The lowest BCUT2D eigenvalue weighted by Gasteiger charge is -2.40. The maximum absolute atomic E-state index is 13.2. The maximum atomic E-state index is 13.2. The zero-order valence-corrected chi connectivity index (χ0v) is 27.5. The number of carbonyl (C=O) groups is 1. The average Bonchev–Trinajstić information content (AvgIpc) is 3.19. The molecule has 1 aromatic rings. The number of fused-ring (bicyclic) bond motifs is 1. The molecule has 1 saturated heterocycles. The number of esters is 1. The molecule has 1 aromatic carbocycles. The molecular weight excluding hydrogens is 611 g/mol. The van der Waals surface area contributed by atoms with Crippen molar-refractivity contribution in [1.29, 1.82) is 0 Å². The number of cyclic esters (lactones) is 1. The first kappa shape index (κ1) is 31.3. The van der Waals surface area contributed by atoms with Gasteiger partial charge in [-0.05, 0) is 66.6 Å². The average molecular weight is 657 g/mol. The number of rotatable bonds is 5. The van der Waals surface area contributed by atoms with Gasteiger partial charge in [0, 0.05) is 11.5 Å². The summed E-state index contributed by atoms with van der Waals surface area (Å²) in [5.41, 5.74) is 1.37. The van der Waals surface area contributed by atoms with E-state index in [1.165, 1.54) is 0 Å². The smallest absolute Gasteiger partial charge is 0.308 e. The molecule has 0 aromatic heterocycles. The van der Waals surface area contributed by atoms with Gasteiger partial charge in [0.15, 0.2) is 14.6 Å². The Kier molecular flexibility index (Phi) is 10.3. The second-order valence-electron chi connectivity index (χ2n) is 12.3. The Labute approximate surface area is 243 Å². The van der Waals surface area contributed by atoms with Crippen molar-refractivity contribution in [2.45, 2.75) is 109 Å². The Bertz CT molecular complexity index is 1010. The van der Waals surface area contributed by atoms with Gasteiger partial charge in [0.25, 0.3) is 0 Å². The van der Waals surface area contributed by atoms with Crippen LogP contribution in [0.1, 0.15) is 72.7 Å². The monoisotopic (exact) mass is 656 g/mol. The molecule has 1 fully saturated rings. The molecule has 0 aliphatic carbocycles. The normalized spacial score (nSPS) is 32.5. The minimum absolute atomic E-state index is 0.0276. The fourth-order valence-corrected chi connectivity index (χ4v) is 6.39. The molecule has 2 aliphatic heterocycles. The first-order chi connectivity index (χ1) is 17.7. The van der Waals surface area contributed by atoms with Gasteiger partial charge in [-0.1, -0.05) is 74.6 Å². The molecule has 6 nitrogen and oxygen atoms in total. The highest BCUT2D eigenvalue weighted by Gasteiger charge is 2.47. The Morgan fingerprint density at radius 1 is 1.18 bits per heavy atom. The van der Waals surface area contributed by atoms with E-state index in [1.807, 2.05) is 35.3 Å². The van der Waals surface area contributed by atoms with Gasteiger partial charge in [-0.3, -0.25) is 4.79 Å². The highest BCUT2D eigenvalue weighted by Crippen LogP contribution is 2.44. The van der Waals surface area contributed by atoms with Crippen molar-refractivity contribution in [3.05, 3.63) is 51.6 Å². The summed E-state index contributed by atoms with van der Waals surface area (Å²) in [4.78, 5) is 13.2. The van der Waals surface area contributed by atoms with Crippen LogP contribution in [0.3, 0.4) is 0 Å². The molecule has 2 heterocycles. The van der Waals surface area contributed by atoms with Gasteiger partial charge in [0.1, 0.15) is 18.0 Å². The van der Waals surface area contributed by atoms with Gasteiger partial charge in [-0.2, -0.15) is 0 Å². The lowest BCUT2D eigenvalue weighted by molar-refractivity contribution is -0.151. The highest BCUT2D eigenvalue weighted by atomic mass is 127. The SMILES string of the molecule is COc1ccc([C@H]2O[C@H]3/C=C/[C@H](C)[C@@H](/C(C)=C/I)OC(=O)CC(O[Si](C)(C)C(C)(C)C)CC[C@@]3(C)O2)cc1. The topological polar surface area (TPSA) is 63.2 Å². The predicted octanol–water partition coefficient (Wildman–Crippen LogP) is 7.89. The second-order valence-corrected chi connectivity index (χ2v) is 17.7. The molecule has 2 aliphatic rings. The molecule has 212 valence electrons. The summed E-state index contributed by atoms with van der Waals surface area (Å²) >= 11 is 2.21. The van der Waals surface area contributed by atoms with Crippen LogP contribution in [0, 0.1) is 5.92 Å². The highest BCUT2D eigenvalue weighted by molar-refractivity contribution is 14.1. The number of halogens is 1. The van der Waals surface area contributed by atoms with Crippen LogP contribution < -0.4 is 4.74 Å². The Morgan fingerprint density at radius 2 is 1.84 bits per heavy atom. The molecule has 3 rings (SSSR count). The Morgan fingerprint density at radius 3 is 2.42 bits per heavy atom. The van der Waals surface area contributed by atoms with Gasteiger partial charge in [-0.15, -0.1) is 0 Å². The third-order valence-corrected chi connectivity index (χ3v) is 13.7. The van der Waals surface area contributed by atoms with Crippen molar-refractivity contribution in [3.8, 4) is 5.75 Å². The van der Waals surface area contributed by atoms with Crippen molar-refractivity contribution in [2.24, 2.45) is 5.92 Å². The van der Waals surface area contributed by atoms with Gasteiger partial charge < -0.3 is 23.4 Å². The summed E-state index contributed by atoms with van der Waals surface area (Å²) in [6.07, 6.45) is 4.39. The van der Waals surface area contributed by atoms with Crippen LogP contribution in [0.25, 0.3) is 0 Å². The zero-order valence-electron chi connectivity index (χ0n) is 24.4. The van der Waals surface area contributed by atoms with Crippen LogP contribution in [0.5, 0.6) is 5.75 Å². The summed E-state index contributed by atoms with van der Waals surface area (Å²) in [6, 6.07) is 7.80. The summed E-state index contributed by atoms with van der Waals surface area (Å²) in [5.74, 6) is 0.536. The number of methoxy groups -OCH3 is 1. The van der Waals surface area contributed by atoms with Crippen LogP contribution in [0.15, 0.2) is 46.1 Å². The number of hydrogen-bond acceptors (Lipinski definition) is 6. The summed E-state index contributed by atoms with van der Waals surface area (Å²) in [5, 5.41) is 0.0276. The zero-order chi connectivity index (χ0) is 28.3. The van der Waals surface area contributed by atoms with E-state index >= 15 is 0 Å². The van der Waals surface area contributed by atoms with Crippen molar-refractivity contribution in [2.75, 3.05) is 7.11 Å². The minimum Gasteiger partial charge on any atom is -0.497 e. The third-order valence-electron chi connectivity index (χ3n) is 8.21. The molecule has 6 atom stereocenters. The lowest BCUT2D eigenvalue weighted by atomic mass is 9.89. The minimum atomic E-state index is -2.12. The van der Waals surface area contributed by atoms with E-state index in [0.717, 1.165) is 16.9 Å². The fourth-order valence-electron chi connectivity index (χ4n) is 4.65. The van der Waals surface area contributed by atoms with Gasteiger partial charge >= 0.3 is 5.97 Å². The largest absolute Gasteiger partial charge is 0.497 e. The Balaban J connectivity index is 1.96. The second kappa shape index (κ2) is 12.5. The summed E-state index contributed by atoms with van der Waals surface area (Å²) < 4.78 is 33.3. The Hall–Kier alpha value is -1.20. The van der Waals surface area contributed by atoms with E-state index in [-0.39, 0.29) is 41.7 Å². The summed E-state index contributed by atoms with van der Waals surface area (Å²) in [6.45, 7) is 17.3. The maximum Gasteiger partial charge on any atom is 0.308 e. The van der Waals surface area contributed by atoms with Gasteiger partial charge in [0.2, 0.25) is 0 Å². The molecule has 0 saturated carbocycles. The van der Waals surface area contributed by atoms with Gasteiger partial charge in [0.05, 0.1) is 25.2 Å². The number of hydrogen-bond donors (Lipinski definition) is 0. The molecule has 0 amide bonds. The van der Waals surface area contributed by atoms with Gasteiger partial charge in [-0.25, -0.2) is 0 Å².